The SMILES string of the molecule is C=CCCCC(Br)C(=O)OCC. The summed E-state index contributed by atoms with van der Waals surface area (Å²) in [6.07, 6.45) is 4.58. The van der Waals surface area contributed by atoms with Crippen LogP contribution in [0.25, 0.3) is 0 Å². The molecule has 12 heavy (non-hydrogen) atoms. The van der Waals surface area contributed by atoms with E-state index < -0.39 is 0 Å². The Balaban J connectivity index is 3.49. The molecule has 0 amide bonds. The molecule has 0 aromatic rings. The molecule has 0 spiro atoms. The second-order valence-corrected chi connectivity index (χ2v) is 3.54. The van der Waals surface area contributed by atoms with Gasteiger partial charge in [-0.3, -0.25) is 4.79 Å². The summed E-state index contributed by atoms with van der Waals surface area (Å²) in [6, 6.07) is 0. The summed E-state index contributed by atoms with van der Waals surface area (Å²) in [5, 5.41) is 0. The zero-order valence-corrected chi connectivity index (χ0v) is 8.97. The van der Waals surface area contributed by atoms with Gasteiger partial charge in [-0.1, -0.05) is 22.0 Å². The van der Waals surface area contributed by atoms with Crippen LogP contribution in [0, 0.1) is 0 Å². The number of carbonyl (C=O) groups is 1. The summed E-state index contributed by atoms with van der Waals surface area (Å²) in [6.45, 7) is 5.86. The molecule has 0 aliphatic rings. The maximum absolute atomic E-state index is 11.0. The number of carbonyl (C=O) groups excluding carboxylic acids is 1. The fourth-order valence-corrected chi connectivity index (χ4v) is 1.25. The van der Waals surface area contributed by atoms with Crippen LogP contribution in [-0.2, 0) is 9.53 Å². The number of hydrogen-bond donors (Lipinski definition) is 0. The van der Waals surface area contributed by atoms with Gasteiger partial charge in [0.2, 0.25) is 0 Å². The Hall–Kier alpha value is -0.310. The third kappa shape index (κ3) is 5.35. The molecule has 0 radical (unpaired) electrons. The van der Waals surface area contributed by atoms with Crippen LogP contribution < -0.4 is 0 Å². The average molecular weight is 235 g/mol. The summed E-state index contributed by atoms with van der Waals surface area (Å²) in [4.78, 5) is 10.9. The van der Waals surface area contributed by atoms with Gasteiger partial charge in [0.15, 0.2) is 0 Å². The molecule has 1 unspecified atom stereocenters. The van der Waals surface area contributed by atoms with Crippen molar-refractivity contribution in [1.82, 2.24) is 0 Å². The van der Waals surface area contributed by atoms with Crippen LogP contribution in [0.4, 0.5) is 0 Å². The smallest absolute Gasteiger partial charge is 0.319 e. The van der Waals surface area contributed by atoms with Crippen LogP contribution in [0.5, 0.6) is 0 Å². The Bertz CT molecular complexity index is 145. The Morgan fingerprint density at radius 1 is 1.75 bits per heavy atom. The zero-order valence-electron chi connectivity index (χ0n) is 7.38. The van der Waals surface area contributed by atoms with E-state index in [2.05, 4.69) is 22.5 Å². The quantitative estimate of drug-likeness (QED) is 0.306. The second-order valence-electron chi connectivity index (χ2n) is 2.44. The van der Waals surface area contributed by atoms with Crippen molar-refractivity contribution < 1.29 is 9.53 Å². The van der Waals surface area contributed by atoms with E-state index in [0.717, 1.165) is 19.3 Å². The molecule has 0 aliphatic carbocycles. The van der Waals surface area contributed by atoms with Crippen molar-refractivity contribution in [3.63, 3.8) is 0 Å². The van der Waals surface area contributed by atoms with Crippen LogP contribution in [0.15, 0.2) is 12.7 Å². The van der Waals surface area contributed by atoms with Crippen LogP contribution >= 0.6 is 15.9 Å². The normalized spacial score (nSPS) is 12.2. The molecular weight excluding hydrogens is 220 g/mol. The molecule has 0 saturated carbocycles. The Morgan fingerprint density at radius 2 is 2.42 bits per heavy atom. The molecule has 0 aromatic carbocycles. The number of ether oxygens (including phenoxy) is 1. The molecule has 0 aliphatic heterocycles. The second kappa shape index (κ2) is 7.35. The van der Waals surface area contributed by atoms with E-state index in [1.807, 2.05) is 6.08 Å². The molecular formula is C9H15BrO2. The number of alkyl halides is 1. The van der Waals surface area contributed by atoms with Crippen LogP contribution in [0.3, 0.4) is 0 Å². The highest BCUT2D eigenvalue weighted by atomic mass is 79.9. The lowest BCUT2D eigenvalue weighted by molar-refractivity contribution is -0.142. The predicted octanol–water partition coefficient (Wildman–Crippen LogP) is 2.67. The predicted molar refractivity (Wildman–Crippen MR) is 53.4 cm³/mol. The Labute approximate surface area is 82.1 Å². The number of unbranched alkanes of at least 4 members (excludes halogenated alkanes) is 1. The minimum Gasteiger partial charge on any atom is -0.465 e. The van der Waals surface area contributed by atoms with Crippen molar-refractivity contribution in [3.05, 3.63) is 12.7 Å². The van der Waals surface area contributed by atoms with Crippen molar-refractivity contribution >= 4 is 21.9 Å². The van der Waals surface area contributed by atoms with E-state index >= 15 is 0 Å². The maximum atomic E-state index is 11.0. The molecule has 0 fully saturated rings. The number of allylic oxidation sites excluding steroid dienone is 1. The van der Waals surface area contributed by atoms with Gasteiger partial charge in [-0.2, -0.15) is 0 Å². The summed E-state index contributed by atoms with van der Waals surface area (Å²) in [7, 11) is 0. The van der Waals surface area contributed by atoms with Crippen molar-refractivity contribution in [2.45, 2.75) is 31.0 Å². The maximum Gasteiger partial charge on any atom is 0.319 e. The lowest BCUT2D eigenvalue weighted by Crippen LogP contribution is -2.17. The highest BCUT2D eigenvalue weighted by Gasteiger charge is 2.14. The van der Waals surface area contributed by atoms with Gasteiger partial charge in [0, 0.05) is 0 Å². The lowest BCUT2D eigenvalue weighted by atomic mass is 10.2. The third-order valence-electron chi connectivity index (χ3n) is 1.41. The lowest BCUT2D eigenvalue weighted by Gasteiger charge is -2.07. The largest absolute Gasteiger partial charge is 0.465 e. The fraction of sp³-hybridized carbons (Fsp3) is 0.667. The molecule has 1 atom stereocenters. The minimum absolute atomic E-state index is 0.155. The van der Waals surface area contributed by atoms with E-state index in [0.29, 0.717) is 6.61 Å². The molecule has 0 heterocycles. The molecule has 0 rings (SSSR count). The van der Waals surface area contributed by atoms with E-state index in [4.69, 9.17) is 4.74 Å². The molecule has 0 bridgehead atoms. The van der Waals surface area contributed by atoms with E-state index in [1.54, 1.807) is 6.92 Å². The molecule has 2 nitrogen and oxygen atoms in total. The number of halogens is 1. The van der Waals surface area contributed by atoms with E-state index in [1.165, 1.54) is 0 Å². The number of hydrogen-bond acceptors (Lipinski definition) is 2. The monoisotopic (exact) mass is 234 g/mol. The van der Waals surface area contributed by atoms with Gasteiger partial charge in [0.05, 0.1) is 6.61 Å². The third-order valence-corrected chi connectivity index (χ3v) is 2.24. The highest BCUT2D eigenvalue weighted by Crippen LogP contribution is 2.11. The van der Waals surface area contributed by atoms with Gasteiger partial charge in [0.1, 0.15) is 4.83 Å². The van der Waals surface area contributed by atoms with Crippen LogP contribution in [0.2, 0.25) is 0 Å². The van der Waals surface area contributed by atoms with Gasteiger partial charge in [0.25, 0.3) is 0 Å². The standard InChI is InChI=1S/C9H15BrO2/c1-3-5-6-7-8(10)9(11)12-4-2/h3,8H,1,4-7H2,2H3. The molecule has 0 aromatic heterocycles. The Morgan fingerprint density at radius 3 is 2.92 bits per heavy atom. The molecule has 0 saturated heterocycles. The average Bonchev–Trinajstić information content (AvgIpc) is 2.05. The van der Waals surface area contributed by atoms with Gasteiger partial charge >= 0.3 is 5.97 Å². The first-order chi connectivity index (χ1) is 5.72. The summed E-state index contributed by atoms with van der Waals surface area (Å²) in [5.74, 6) is -0.165. The van der Waals surface area contributed by atoms with Gasteiger partial charge < -0.3 is 4.74 Å². The van der Waals surface area contributed by atoms with Crippen LogP contribution in [-0.4, -0.2) is 17.4 Å². The number of rotatable bonds is 6. The fourth-order valence-electron chi connectivity index (χ4n) is 0.792. The highest BCUT2D eigenvalue weighted by molar-refractivity contribution is 9.10. The first-order valence-corrected chi connectivity index (χ1v) is 5.05. The molecule has 0 N–H and O–H groups in total. The zero-order chi connectivity index (χ0) is 9.40. The van der Waals surface area contributed by atoms with Crippen molar-refractivity contribution in [2.75, 3.05) is 6.61 Å². The Kier molecular flexibility index (Phi) is 7.16. The first-order valence-electron chi connectivity index (χ1n) is 4.14. The van der Waals surface area contributed by atoms with Gasteiger partial charge in [-0.05, 0) is 26.2 Å². The summed E-state index contributed by atoms with van der Waals surface area (Å²) >= 11 is 3.27. The topological polar surface area (TPSA) is 26.3 Å². The van der Waals surface area contributed by atoms with Crippen molar-refractivity contribution in [3.8, 4) is 0 Å². The van der Waals surface area contributed by atoms with E-state index in [9.17, 15) is 4.79 Å². The van der Waals surface area contributed by atoms with Crippen molar-refractivity contribution in [2.24, 2.45) is 0 Å². The summed E-state index contributed by atoms with van der Waals surface area (Å²) in [5.41, 5.74) is 0. The first kappa shape index (κ1) is 11.7. The van der Waals surface area contributed by atoms with E-state index in [-0.39, 0.29) is 10.8 Å². The van der Waals surface area contributed by atoms with Gasteiger partial charge in [-0.25, -0.2) is 0 Å². The van der Waals surface area contributed by atoms with Crippen LogP contribution in [0.1, 0.15) is 26.2 Å². The van der Waals surface area contributed by atoms with Gasteiger partial charge in [-0.15, -0.1) is 6.58 Å². The molecule has 70 valence electrons. The molecule has 3 heteroatoms. The number of esters is 1. The summed E-state index contributed by atoms with van der Waals surface area (Å²) < 4.78 is 4.82. The van der Waals surface area contributed by atoms with Crippen molar-refractivity contribution in [1.29, 1.82) is 0 Å². The minimum atomic E-state index is -0.165.